The molecule has 0 saturated carbocycles. The van der Waals surface area contributed by atoms with E-state index in [0.717, 1.165) is 0 Å². The Balaban J connectivity index is 3.63. The highest BCUT2D eigenvalue weighted by atomic mass is 13.5. The molecule has 0 unspecified atom stereocenters. The van der Waals surface area contributed by atoms with E-state index in [4.69, 9.17) is 0 Å². The summed E-state index contributed by atoms with van der Waals surface area (Å²) in [6.07, 6.45) is 3.52. The summed E-state index contributed by atoms with van der Waals surface area (Å²) in [5.74, 6) is 5.45. The number of hydrogen-bond donors (Lipinski definition) is 0. The van der Waals surface area contributed by atoms with Crippen molar-refractivity contribution in [2.24, 2.45) is 0 Å². The minimum absolute atomic E-state index is 1.69. The van der Waals surface area contributed by atoms with Crippen molar-refractivity contribution in [1.82, 2.24) is 0 Å². The Labute approximate surface area is 44.5 Å². The zero-order chi connectivity index (χ0) is 5.54. The molecule has 0 bridgehead atoms. The van der Waals surface area contributed by atoms with Crippen molar-refractivity contribution in [3.8, 4) is 11.8 Å². The first-order chi connectivity index (χ1) is 3.41. The molecule has 0 amide bonds. The quantitative estimate of drug-likeness (QED) is 0.315. The smallest absolute Gasteiger partial charge is 0.0298 e. The molecule has 0 N–H and O–H groups in total. The van der Waals surface area contributed by atoms with Crippen LogP contribution in [0.2, 0.25) is 0 Å². The second kappa shape index (κ2) is 5.08. The average Bonchev–Trinajstić information content (AvgIpc) is 1.69. The Morgan fingerprint density at radius 3 is 2.57 bits per heavy atom. The van der Waals surface area contributed by atoms with Crippen LogP contribution < -0.4 is 0 Å². The molecule has 0 radical (unpaired) electrons. The van der Waals surface area contributed by atoms with Gasteiger partial charge in [0.05, 0.1) is 0 Å². The standard InChI is InChI=1S/C7H8/c1-3-5-7-6-4-2/h3,7H,1-2H3. The lowest BCUT2D eigenvalue weighted by Crippen LogP contribution is -1.40. The molecule has 0 aliphatic carbocycles. The third-order valence-corrected chi connectivity index (χ3v) is 0.467. The maximum absolute atomic E-state index is 2.83. The fourth-order valence-electron chi connectivity index (χ4n) is 0.197. The van der Waals surface area contributed by atoms with Gasteiger partial charge in [-0.15, -0.1) is 11.7 Å². The van der Waals surface area contributed by atoms with Gasteiger partial charge in [-0.1, -0.05) is 5.92 Å². The number of allylic oxidation sites excluding steroid dienone is 1. The highest BCUT2D eigenvalue weighted by molar-refractivity contribution is 5.12. The molecule has 0 aromatic carbocycles. The van der Waals surface area contributed by atoms with Crippen molar-refractivity contribution in [2.45, 2.75) is 13.8 Å². The normalized spacial score (nSPS) is 4.86. The van der Waals surface area contributed by atoms with E-state index in [0.29, 0.717) is 0 Å². The fraction of sp³-hybridized carbons (Fsp3) is 0.286. The molecule has 0 aromatic heterocycles. The average molecular weight is 92.1 g/mol. The van der Waals surface area contributed by atoms with E-state index in [1.807, 2.05) is 13.0 Å². The summed E-state index contributed by atoms with van der Waals surface area (Å²) >= 11 is 0. The van der Waals surface area contributed by atoms with Crippen molar-refractivity contribution >= 4 is 0 Å². The minimum atomic E-state index is 1.69. The van der Waals surface area contributed by atoms with E-state index in [1.165, 1.54) is 0 Å². The summed E-state index contributed by atoms with van der Waals surface area (Å²) in [6.45, 7) is 3.71. The molecule has 0 heterocycles. The monoisotopic (exact) mass is 92.1 g/mol. The third-order valence-electron chi connectivity index (χ3n) is 0.467. The van der Waals surface area contributed by atoms with Gasteiger partial charge in [0.1, 0.15) is 0 Å². The molecule has 0 spiro atoms. The van der Waals surface area contributed by atoms with Gasteiger partial charge in [-0.25, -0.2) is 0 Å². The summed E-state index contributed by atoms with van der Waals surface area (Å²) in [7, 11) is 0. The molecule has 7 heavy (non-hydrogen) atoms. The van der Waals surface area contributed by atoms with Gasteiger partial charge in [0.25, 0.3) is 0 Å². The van der Waals surface area contributed by atoms with Crippen LogP contribution in [0.3, 0.4) is 0 Å². The molecule has 0 rings (SSSR count). The molecule has 0 aromatic rings. The Hall–Kier alpha value is -0.920. The Morgan fingerprint density at radius 1 is 1.43 bits per heavy atom. The molecule has 0 nitrogen and oxygen atoms in total. The molecule has 0 atom stereocenters. The van der Waals surface area contributed by atoms with Crippen LogP contribution in [0, 0.1) is 11.8 Å². The number of hydrogen-bond acceptors (Lipinski definition) is 0. The van der Waals surface area contributed by atoms with Crippen molar-refractivity contribution in [2.75, 3.05) is 0 Å². The lowest BCUT2D eigenvalue weighted by atomic mass is 10.5. The first kappa shape index (κ1) is 6.08. The number of rotatable bonds is 0. The predicted molar refractivity (Wildman–Crippen MR) is 31.8 cm³/mol. The SMILES string of the molecule is CC#CC=C=CC. The minimum Gasteiger partial charge on any atom is -0.116 e. The first-order valence-electron chi connectivity index (χ1n) is 2.19. The Kier molecular flexibility index (Phi) is 4.41. The summed E-state index contributed by atoms with van der Waals surface area (Å²) < 4.78 is 0. The van der Waals surface area contributed by atoms with Crippen molar-refractivity contribution in [3.05, 3.63) is 17.9 Å². The van der Waals surface area contributed by atoms with Crippen molar-refractivity contribution in [3.63, 3.8) is 0 Å². The molecule has 0 saturated heterocycles. The van der Waals surface area contributed by atoms with Gasteiger partial charge >= 0.3 is 0 Å². The second-order valence-corrected chi connectivity index (χ2v) is 0.994. The predicted octanol–water partition coefficient (Wildman–Crippen LogP) is 1.74. The molecule has 0 heteroatoms. The van der Waals surface area contributed by atoms with Gasteiger partial charge in [0.2, 0.25) is 0 Å². The largest absolute Gasteiger partial charge is 0.116 e. The van der Waals surface area contributed by atoms with Crippen LogP contribution in [-0.2, 0) is 0 Å². The molecule has 0 fully saturated rings. The van der Waals surface area contributed by atoms with E-state index in [9.17, 15) is 0 Å². The topological polar surface area (TPSA) is 0 Å². The van der Waals surface area contributed by atoms with Gasteiger partial charge in [0.15, 0.2) is 0 Å². The molecular formula is C7H8. The van der Waals surface area contributed by atoms with E-state index in [1.54, 1.807) is 13.0 Å². The lowest BCUT2D eigenvalue weighted by Gasteiger charge is -1.54. The zero-order valence-corrected chi connectivity index (χ0v) is 4.65. The third kappa shape index (κ3) is 5.08. The summed E-state index contributed by atoms with van der Waals surface area (Å²) in [5, 5.41) is 0. The molecule has 36 valence electrons. The molecule has 0 aliphatic heterocycles. The lowest BCUT2D eigenvalue weighted by molar-refractivity contribution is 1.77. The highest BCUT2D eigenvalue weighted by Gasteiger charge is 1.45. The van der Waals surface area contributed by atoms with Crippen LogP contribution >= 0.6 is 0 Å². The summed E-state index contributed by atoms with van der Waals surface area (Å²) in [4.78, 5) is 0. The van der Waals surface area contributed by atoms with Crippen LogP contribution in [0.5, 0.6) is 0 Å². The van der Waals surface area contributed by atoms with Crippen LogP contribution in [0.25, 0.3) is 0 Å². The Morgan fingerprint density at radius 2 is 2.14 bits per heavy atom. The summed E-state index contributed by atoms with van der Waals surface area (Å²) in [6, 6.07) is 0. The van der Waals surface area contributed by atoms with E-state index in [-0.39, 0.29) is 0 Å². The van der Waals surface area contributed by atoms with Crippen molar-refractivity contribution in [1.29, 1.82) is 0 Å². The molecular weight excluding hydrogens is 84.1 g/mol. The van der Waals surface area contributed by atoms with Crippen molar-refractivity contribution < 1.29 is 0 Å². The Bertz CT molecular complexity index is 135. The van der Waals surface area contributed by atoms with Crippen LogP contribution in [-0.4, -0.2) is 0 Å². The van der Waals surface area contributed by atoms with Gasteiger partial charge in [-0.3, -0.25) is 0 Å². The van der Waals surface area contributed by atoms with Crippen LogP contribution in [0.4, 0.5) is 0 Å². The summed E-state index contributed by atoms with van der Waals surface area (Å²) in [5.41, 5.74) is 2.83. The highest BCUT2D eigenvalue weighted by Crippen LogP contribution is 1.60. The van der Waals surface area contributed by atoms with E-state index >= 15 is 0 Å². The maximum Gasteiger partial charge on any atom is 0.0298 e. The first-order valence-corrected chi connectivity index (χ1v) is 2.19. The van der Waals surface area contributed by atoms with Gasteiger partial charge in [-0.2, -0.15) is 0 Å². The zero-order valence-electron chi connectivity index (χ0n) is 4.65. The molecule has 0 aliphatic rings. The van der Waals surface area contributed by atoms with Crippen LogP contribution in [0.1, 0.15) is 13.8 Å². The van der Waals surface area contributed by atoms with Crippen LogP contribution in [0.15, 0.2) is 17.9 Å². The van der Waals surface area contributed by atoms with Gasteiger partial charge in [-0.05, 0) is 19.9 Å². The second-order valence-electron chi connectivity index (χ2n) is 0.994. The maximum atomic E-state index is 2.83. The van der Waals surface area contributed by atoms with E-state index < -0.39 is 0 Å². The van der Waals surface area contributed by atoms with Gasteiger partial charge < -0.3 is 0 Å². The van der Waals surface area contributed by atoms with E-state index in [2.05, 4.69) is 17.6 Å². The van der Waals surface area contributed by atoms with Gasteiger partial charge in [0, 0.05) is 6.08 Å². The fourth-order valence-corrected chi connectivity index (χ4v) is 0.197.